The van der Waals surface area contributed by atoms with Gasteiger partial charge in [-0.2, -0.15) is 0 Å². The summed E-state index contributed by atoms with van der Waals surface area (Å²) in [4.78, 5) is 25.6. The van der Waals surface area contributed by atoms with Crippen molar-refractivity contribution in [1.82, 2.24) is 14.9 Å². The minimum atomic E-state index is 0.231. The Hall–Kier alpha value is -2.67. The number of carbonyl (C=O) groups excluding carboxylic acids is 1. The molecule has 188 valence electrons. The Labute approximate surface area is 208 Å². The molecule has 1 aromatic carbocycles. The van der Waals surface area contributed by atoms with E-state index in [1.165, 1.54) is 19.3 Å². The van der Waals surface area contributed by atoms with E-state index >= 15 is 0 Å². The van der Waals surface area contributed by atoms with Gasteiger partial charge in [-0.25, -0.2) is 9.97 Å². The second-order valence-corrected chi connectivity index (χ2v) is 10.7. The highest BCUT2D eigenvalue weighted by molar-refractivity contribution is 5.79. The zero-order valence-corrected chi connectivity index (χ0v) is 21.1. The van der Waals surface area contributed by atoms with E-state index in [-0.39, 0.29) is 5.91 Å². The zero-order valence-electron chi connectivity index (χ0n) is 21.1. The molecule has 1 saturated carbocycles. The number of hydrogen-bond acceptors (Lipinski definition) is 6. The van der Waals surface area contributed by atoms with Gasteiger partial charge >= 0.3 is 0 Å². The molecule has 7 heteroatoms. The fraction of sp³-hybridized carbons (Fsp3) is 0.607. The van der Waals surface area contributed by atoms with Gasteiger partial charge in [-0.15, -0.1) is 0 Å². The molecular formula is C28H38N4O3. The van der Waals surface area contributed by atoms with Gasteiger partial charge in [0, 0.05) is 51.2 Å². The quantitative estimate of drug-likeness (QED) is 0.515. The number of ether oxygens (including phenoxy) is 2. The number of nitrogens with zero attached hydrogens (tertiary/aromatic N) is 4. The molecule has 0 bridgehead atoms. The van der Waals surface area contributed by atoms with E-state index in [0.717, 1.165) is 79.8 Å². The number of carbonyl (C=O) groups is 1. The number of aromatic nitrogens is 2. The summed E-state index contributed by atoms with van der Waals surface area (Å²) < 4.78 is 11.2. The van der Waals surface area contributed by atoms with Gasteiger partial charge in [0.05, 0.1) is 19.6 Å². The van der Waals surface area contributed by atoms with E-state index in [0.29, 0.717) is 18.9 Å². The van der Waals surface area contributed by atoms with E-state index in [2.05, 4.69) is 21.8 Å². The van der Waals surface area contributed by atoms with E-state index in [4.69, 9.17) is 9.47 Å². The van der Waals surface area contributed by atoms with Crippen LogP contribution in [0.3, 0.4) is 0 Å². The van der Waals surface area contributed by atoms with Crippen molar-refractivity contribution in [3.8, 4) is 5.75 Å². The molecule has 3 aliphatic rings. The van der Waals surface area contributed by atoms with Gasteiger partial charge in [-0.05, 0) is 67.1 Å². The third kappa shape index (κ3) is 6.13. The van der Waals surface area contributed by atoms with Gasteiger partial charge in [0.15, 0.2) is 0 Å². The van der Waals surface area contributed by atoms with Crippen molar-refractivity contribution in [2.45, 2.75) is 45.6 Å². The number of piperidine rings is 1. The third-order valence-electron chi connectivity index (χ3n) is 7.86. The number of rotatable bonds is 10. The van der Waals surface area contributed by atoms with E-state index in [1.54, 1.807) is 7.11 Å². The van der Waals surface area contributed by atoms with Crippen molar-refractivity contribution in [3.63, 3.8) is 0 Å². The summed E-state index contributed by atoms with van der Waals surface area (Å²) in [5.74, 6) is 5.09. The molecule has 1 aliphatic carbocycles. The number of anilines is 1. The summed E-state index contributed by atoms with van der Waals surface area (Å²) in [7, 11) is 1.69. The predicted molar refractivity (Wildman–Crippen MR) is 135 cm³/mol. The standard InChI is InChI=1S/C28H38N4O3/c1-20-17-32(18-20)27(33)13-21-3-5-25(6-4-21)35-12-9-24-14-26(24)23-7-10-31(11-8-23)28-29-15-22(16-30-28)19-34-2/h3-6,15-16,20,23-24,26H,7-14,17-19H2,1-2H3. The van der Waals surface area contributed by atoms with Crippen LogP contribution in [0, 0.1) is 23.7 Å². The minimum Gasteiger partial charge on any atom is -0.494 e. The maximum atomic E-state index is 12.2. The molecule has 35 heavy (non-hydrogen) atoms. The van der Waals surface area contributed by atoms with Crippen LogP contribution in [-0.4, -0.2) is 60.7 Å². The lowest BCUT2D eigenvalue weighted by Gasteiger charge is -2.37. The Balaban J connectivity index is 0.983. The maximum Gasteiger partial charge on any atom is 0.227 e. The van der Waals surface area contributed by atoms with Crippen molar-refractivity contribution >= 4 is 11.9 Å². The number of likely N-dealkylation sites (tertiary alicyclic amines) is 1. The third-order valence-corrected chi connectivity index (χ3v) is 7.86. The van der Waals surface area contributed by atoms with Gasteiger partial charge in [0.2, 0.25) is 11.9 Å². The lowest BCUT2D eigenvalue weighted by molar-refractivity contribution is -0.136. The fourth-order valence-electron chi connectivity index (χ4n) is 5.68. The molecule has 2 aliphatic heterocycles. The van der Waals surface area contributed by atoms with E-state index in [9.17, 15) is 4.79 Å². The summed E-state index contributed by atoms with van der Waals surface area (Å²) in [5.41, 5.74) is 2.07. The van der Waals surface area contributed by atoms with Crippen LogP contribution in [0.15, 0.2) is 36.7 Å². The van der Waals surface area contributed by atoms with Crippen LogP contribution in [-0.2, 0) is 22.6 Å². The van der Waals surface area contributed by atoms with Gasteiger partial charge < -0.3 is 19.3 Å². The number of methoxy groups -OCH3 is 1. The molecule has 2 atom stereocenters. The van der Waals surface area contributed by atoms with Crippen LogP contribution in [0.2, 0.25) is 0 Å². The van der Waals surface area contributed by atoms with Gasteiger partial charge in [0.25, 0.3) is 0 Å². The summed E-state index contributed by atoms with van der Waals surface area (Å²) in [6.45, 7) is 7.39. The average Bonchev–Trinajstić information content (AvgIpc) is 3.63. The van der Waals surface area contributed by atoms with Crippen LogP contribution in [0.4, 0.5) is 5.95 Å². The minimum absolute atomic E-state index is 0.231. The van der Waals surface area contributed by atoms with Gasteiger partial charge in [0.1, 0.15) is 5.75 Å². The molecule has 3 heterocycles. The maximum absolute atomic E-state index is 12.2. The van der Waals surface area contributed by atoms with Crippen LogP contribution >= 0.6 is 0 Å². The smallest absolute Gasteiger partial charge is 0.227 e. The second-order valence-electron chi connectivity index (χ2n) is 10.7. The summed E-state index contributed by atoms with van der Waals surface area (Å²) in [5, 5.41) is 0. The SMILES string of the molecule is COCc1cnc(N2CCC(C3CC3CCOc3ccc(CC(=O)N4CC(C)C4)cc3)CC2)nc1. The van der Waals surface area contributed by atoms with Gasteiger partial charge in [-0.3, -0.25) is 4.79 Å². The molecule has 0 spiro atoms. The second kappa shape index (κ2) is 10.9. The molecular weight excluding hydrogens is 440 g/mol. The van der Waals surface area contributed by atoms with Crippen LogP contribution in [0.1, 0.15) is 43.7 Å². The monoisotopic (exact) mass is 478 g/mol. The lowest BCUT2D eigenvalue weighted by Crippen LogP contribution is -2.49. The highest BCUT2D eigenvalue weighted by atomic mass is 16.5. The number of hydrogen-bond donors (Lipinski definition) is 0. The molecule has 7 nitrogen and oxygen atoms in total. The van der Waals surface area contributed by atoms with Gasteiger partial charge in [-0.1, -0.05) is 19.1 Å². The first-order valence-corrected chi connectivity index (χ1v) is 13.1. The molecule has 2 unspecified atom stereocenters. The van der Waals surface area contributed by atoms with Crippen molar-refractivity contribution < 1.29 is 14.3 Å². The Morgan fingerprint density at radius 1 is 1.06 bits per heavy atom. The molecule has 1 aromatic heterocycles. The number of amides is 1. The molecule has 3 fully saturated rings. The molecule has 0 radical (unpaired) electrons. The van der Waals surface area contributed by atoms with E-state index < -0.39 is 0 Å². The Kier molecular flexibility index (Phi) is 7.51. The highest BCUT2D eigenvalue weighted by Gasteiger charge is 2.43. The lowest BCUT2D eigenvalue weighted by atomic mass is 9.90. The van der Waals surface area contributed by atoms with Crippen LogP contribution < -0.4 is 9.64 Å². The Morgan fingerprint density at radius 3 is 2.43 bits per heavy atom. The first kappa shape index (κ1) is 24.0. The molecule has 1 amide bonds. The summed E-state index contributed by atoms with van der Waals surface area (Å²) in [6, 6.07) is 8.06. The summed E-state index contributed by atoms with van der Waals surface area (Å²) >= 11 is 0. The van der Waals surface area contributed by atoms with Crippen LogP contribution in [0.5, 0.6) is 5.75 Å². The van der Waals surface area contributed by atoms with Crippen LogP contribution in [0.25, 0.3) is 0 Å². The van der Waals surface area contributed by atoms with Crippen molar-refractivity contribution in [2.75, 3.05) is 44.8 Å². The number of benzene rings is 1. The van der Waals surface area contributed by atoms with E-state index in [1.807, 2.05) is 41.6 Å². The first-order chi connectivity index (χ1) is 17.1. The summed E-state index contributed by atoms with van der Waals surface area (Å²) in [6.07, 6.45) is 9.14. The largest absolute Gasteiger partial charge is 0.494 e. The first-order valence-electron chi connectivity index (χ1n) is 13.1. The Bertz CT molecular complexity index is 967. The fourth-order valence-corrected chi connectivity index (χ4v) is 5.68. The van der Waals surface area contributed by atoms with Crippen molar-refractivity contribution in [1.29, 1.82) is 0 Å². The molecule has 2 saturated heterocycles. The zero-order chi connectivity index (χ0) is 24.2. The Morgan fingerprint density at radius 2 is 1.77 bits per heavy atom. The molecule has 0 N–H and O–H groups in total. The molecule has 5 rings (SSSR count). The highest BCUT2D eigenvalue weighted by Crippen LogP contribution is 2.49. The average molecular weight is 479 g/mol. The predicted octanol–water partition coefficient (Wildman–Crippen LogP) is 3.97. The van der Waals surface area contributed by atoms with Crippen molar-refractivity contribution in [3.05, 3.63) is 47.8 Å². The van der Waals surface area contributed by atoms with Crippen molar-refractivity contribution in [2.24, 2.45) is 23.7 Å². The topological polar surface area (TPSA) is 67.8 Å². The normalized spacial score (nSPS) is 22.7. The molecule has 2 aromatic rings.